The van der Waals surface area contributed by atoms with Crippen LogP contribution in [0.25, 0.3) is 11.0 Å². The van der Waals surface area contributed by atoms with Crippen LogP contribution < -0.4 is 4.74 Å². The number of aromatic amines is 1. The van der Waals surface area contributed by atoms with Crippen molar-refractivity contribution in [3.8, 4) is 5.75 Å². The van der Waals surface area contributed by atoms with Gasteiger partial charge >= 0.3 is 6.18 Å². The molecule has 0 radical (unpaired) electrons. The van der Waals surface area contributed by atoms with E-state index in [0.717, 1.165) is 24.2 Å². The molecule has 29 heavy (non-hydrogen) atoms. The lowest BCUT2D eigenvalue weighted by molar-refractivity contribution is -0.215. The molecule has 1 N–H and O–H groups in total. The van der Waals surface area contributed by atoms with Gasteiger partial charge in [0.2, 0.25) is 5.82 Å². The molecule has 3 heterocycles. The fourth-order valence-corrected chi connectivity index (χ4v) is 3.32. The van der Waals surface area contributed by atoms with E-state index < -0.39 is 35.8 Å². The number of hydrogen-bond donors (Lipinski definition) is 1. The fourth-order valence-electron chi connectivity index (χ4n) is 3.32. The number of alkyl halides is 3. The van der Waals surface area contributed by atoms with Crippen LogP contribution in [-0.2, 0) is 4.74 Å². The molecule has 1 aromatic carbocycles. The van der Waals surface area contributed by atoms with E-state index in [2.05, 4.69) is 15.0 Å². The molecule has 0 spiro atoms. The first-order valence-corrected chi connectivity index (χ1v) is 8.67. The van der Waals surface area contributed by atoms with Gasteiger partial charge in [-0.1, -0.05) is 13.0 Å². The van der Waals surface area contributed by atoms with E-state index >= 15 is 0 Å². The Morgan fingerprint density at radius 3 is 2.59 bits per heavy atom. The number of rotatable bonds is 2. The lowest BCUT2D eigenvalue weighted by atomic mass is 9.86. The van der Waals surface area contributed by atoms with Crippen molar-refractivity contribution in [2.75, 3.05) is 13.7 Å². The predicted molar refractivity (Wildman–Crippen MR) is 94.5 cm³/mol. The summed E-state index contributed by atoms with van der Waals surface area (Å²) in [4.78, 5) is 10.9. The van der Waals surface area contributed by atoms with Gasteiger partial charge in [0.25, 0.3) is 0 Å². The molecular formula is C19H18F5N3O2. The molecule has 1 aliphatic rings. The van der Waals surface area contributed by atoms with Gasteiger partial charge in [-0.05, 0) is 12.1 Å². The molecule has 10 heteroatoms. The zero-order chi connectivity index (χ0) is 21.2. The molecule has 1 aliphatic heterocycles. The number of nitrogens with zero attached hydrogens (tertiary/aromatic N) is 2. The molecule has 5 nitrogen and oxygen atoms in total. The van der Waals surface area contributed by atoms with E-state index in [9.17, 15) is 22.0 Å². The number of benzene rings is 1. The summed E-state index contributed by atoms with van der Waals surface area (Å²) in [5.74, 6) is -4.29. The number of pyridine rings is 1. The monoisotopic (exact) mass is 415 g/mol. The quantitative estimate of drug-likeness (QED) is 0.621. The minimum Gasteiger partial charge on any atom is -0.493 e. The molecule has 0 bridgehead atoms. The number of imidazole rings is 1. The molecule has 4 rings (SSSR count). The zero-order valence-corrected chi connectivity index (χ0v) is 15.5. The minimum absolute atomic E-state index is 0.186. The van der Waals surface area contributed by atoms with Crippen molar-refractivity contribution >= 4 is 11.0 Å². The van der Waals surface area contributed by atoms with Gasteiger partial charge in [0.1, 0.15) is 0 Å². The molecule has 3 atom stereocenters. The summed E-state index contributed by atoms with van der Waals surface area (Å²) in [6.07, 6.45) is -1.26. The highest BCUT2D eigenvalue weighted by molar-refractivity contribution is 5.72. The standard InChI is InChI=1S/C13H13F5O2.C6H5N3/c1-6-8(5-20-12(6)13(16,17)18)7-3-4-9(14)10(15)11(7)19-2;1-2-7-3-6-5(1)8-4-9-6/h3-4,6,8,12H,5H2,1-2H3;1-4H,(H,8,9). The van der Waals surface area contributed by atoms with Crippen LogP contribution in [0.2, 0.25) is 0 Å². The number of hydrogen-bond acceptors (Lipinski definition) is 4. The van der Waals surface area contributed by atoms with Crippen molar-refractivity contribution in [1.82, 2.24) is 15.0 Å². The molecule has 0 amide bonds. The third kappa shape index (κ3) is 4.31. The summed E-state index contributed by atoms with van der Waals surface area (Å²) in [6.45, 7) is 1.16. The number of methoxy groups -OCH3 is 1. The minimum atomic E-state index is -4.49. The second-order valence-corrected chi connectivity index (χ2v) is 6.54. The Morgan fingerprint density at radius 1 is 1.21 bits per heavy atom. The highest BCUT2D eigenvalue weighted by atomic mass is 19.4. The van der Waals surface area contributed by atoms with Crippen LogP contribution in [0.15, 0.2) is 36.9 Å². The maximum atomic E-state index is 13.6. The molecule has 3 unspecified atom stereocenters. The van der Waals surface area contributed by atoms with Crippen molar-refractivity contribution in [3.05, 3.63) is 54.1 Å². The van der Waals surface area contributed by atoms with Gasteiger partial charge in [0.05, 0.1) is 37.3 Å². The van der Waals surface area contributed by atoms with Crippen LogP contribution in [-0.4, -0.2) is 40.9 Å². The number of H-pyrrole nitrogens is 1. The summed E-state index contributed by atoms with van der Waals surface area (Å²) >= 11 is 0. The van der Waals surface area contributed by atoms with E-state index in [1.807, 2.05) is 6.07 Å². The van der Waals surface area contributed by atoms with Crippen molar-refractivity contribution in [2.45, 2.75) is 25.1 Å². The third-order valence-corrected chi connectivity index (χ3v) is 4.80. The Morgan fingerprint density at radius 2 is 1.97 bits per heavy atom. The van der Waals surface area contributed by atoms with Gasteiger partial charge in [0.15, 0.2) is 17.7 Å². The van der Waals surface area contributed by atoms with Crippen LogP contribution in [0.3, 0.4) is 0 Å². The maximum absolute atomic E-state index is 13.6. The maximum Gasteiger partial charge on any atom is 0.414 e. The SMILES string of the molecule is COc1c(C2COC(C(F)(F)F)C2C)ccc(F)c1F.c1cc2nc[nH]c2cn1. The number of halogens is 5. The van der Waals surface area contributed by atoms with Crippen LogP contribution in [0, 0.1) is 17.6 Å². The average Bonchev–Trinajstić information content (AvgIpc) is 3.30. The molecule has 156 valence electrons. The number of aromatic nitrogens is 3. The van der Waals surface area contributed by atoms with Crippen molar-refractivity contribution < 1.29 is 31.4 Å². The predicted octanol–water partition coefficient (Wildman–Crippen LogP) is 4.61. The molecule has 0 saturated carbocycles. The Kier molecular flexibility index (Phi) is 6.02. The fraction of sp³-hybridized carbons (Fsp3) is 0.368. The molecule has 1 fully saturated rings. The number of fused-ring (bicyclic) bond motifs is 1. The second kappa shape index (κ2) is 8.32. The lowest BCUT2D eigenvalue weighted by Crippen LogP contribution is -2.33. The van der Waals surface area contributed by atoms with Crippen molar-refractivity contribution in [1.29, 1.82) is 0 Å². The topological polar surface area (TPSA) is 60.0 Å². The normalized spacial score (nSPS) is 21.7. The van der Waals surface area contributed by atoms with Crippen molar-refractivity contribution in [2.24, 2.45) is 5.92 Å². The van der Waals surface area contributed by atoms with Crippen LogP contribution in [0.4, 0.5) is 22.0 Å². The summed E-state index contributed by atoms with van der Waals surface area (Å²) in [5.41, 5.74) is 2.13. The van der Waals surface area contributed by atoms with E-state index in [-0.39, 0.29) is 17.9 Å². The van der Waals surface area contributed by atoms with E-state index in [4.69, 9.17) is 9.47 Å². The van der Waals surface area contributed by atoms with Crippen LogP contribution in [0.5, 0.6) is 5.75 Å². The van der Waals surface area contributed by atoms with Gasteiger partial charge in [-0.15, -0.1) is 0 Å². The summed E-state index contributed by atoms with van der Waals surface area (Å²) in [7, 11) is 1.14. The van der Waals surface area contributed by atoms with Crippen molar-refractivity contribution in [3.63, 3.8) is 0 Å². The molecule has 1 saturated heterocycles. The summed E-state index contributed by atoms with van der Waals surface area (Å²) in [5, 5.41) is 0. The molecule has 0 aliphatic carbocycles. The Balaban J connectivity index is 0.000000220. The molecular weight excluding hydrogens is 397 g/mol. The highest BCUT2D eigenvalue weighted by Crippen LogP contribution is 2.45. The second-order valence-electron chi connectivity index (χ2n) is 6.54. The smallest absolute Gasteiger partial charge is 0.414 e. The first kappa shape index (κ1) is 21.0. The third-order valence-electron chi connectivity index (χ3n) is 4.80. The van der Waals surface area contributed by atoms with Crippen LogP contribution in [0.1, 0.15) is 18.4 Å². The van der Waals surface area contributed by atoms with E-state index in [1.165, 1.54) is 13.0 Å². The van der Waals surface area contributed by atoms with Gasteiger partial charge in [-0.25, -0.2) is 9.37 Å². The molecule has 2 aromatic heterocycles. The Hall–Kier alpha value is -2.75. The van der Waals surface area contributed by atoms with Gasteiger partial charge in [0, 0.05) is 23.6 Å². The lowest BCUT2D eigenvalue weighted by Gasteiger charge is -2.22. The zero-order valence-electron chi connectivity index (χ0n) is 15.5. The summed E-state index contributed by atoms with van der Waals surface area (Å²) < 4.78 is 74.5. The average molecular weight is 415 g/mol. The van der Waals surface area contributed by atoms with E-state index in [0.29, 0.717) is 0 Å². The first-order chi connectivity index (χ1) is 13.7. The van der Waals surface area contributed by atoms with Crippen LogP contribution >= 0.6 is 0 Å². The van der Waals surface area contributed by atoms with Gasteiger partial charge < -0.3 is 14.5 Å². The largest absolute Gasteiger partial charge is 0.493 e. The first-order valence-electron chi connectivity index (χ1n) is 8.67. The Bertz CT molecular complexity index is 946. The Labute approximate surface area is 162 Å². The van der Waals surface area contributed by atoms with Gasteiger partial charge in [-0.2, -0.15) is 17.6 Å². The van der Waals surface area contributed by atoms with E-state index in [1.54, 1.807) is 18.7 Å². The number of ether oxygens (including phenoxy) is 2. The number of nitrogens with one attached hydrogen (secondary N) is 1. The summed E-state index contributed by atoms with van der Waals surface area (Å²) in [6, 6.07) is 3.98. The van der Waals surface area contributed by atoms with Gasteiger partial charge in [-0.3, -0.25) is 4.98 Å². The molecule has 3 aromatic rings. The highest BCUT2D eigenvalue weighted by Gasteiger charge is 2.51.